The van der Waals surface area contributed by atoms with Crippen molar-refractivity contribution in [2.45, 2.75) is 31.1 Å². The van der Waals surface area contributed by atoms with Gasteiger partial charge in [-0.25, -0.2) is 8.42 Å². The molecule has 0 aliphatic heterocycles. The lowest BCUT2D eigenvalue weighted by molar-refractivity contribution is 0.545. The van der Waals surface area contributed by atoms with E-state index in [4.69, 9.17) is 5.26 Å². The summed E-state index contributed by atoms with van der Waals surface area (Å²) in [6, 6.07) is 8.47. The summed E-state index contributed by atoms with van der Waals surface area (Å²) in [5, 5.41) is 15.6. The molecule has 2 rings (SSSR count). The summed E-state index contributed by atoms with van der Waals surface area (Å²) in [6.07, 6.45) is 1.32. The van der Waals surface area contributed by atoms with Gasteiger partial charge >= 0.3 is 0 Å². The molecule has 116 valence electrons. The number of sulfonamides is 1. The van der Waals surface area contributed by atoms with Gasteiger partial charge in [-0.1, -0.05) is 26.8 Å². The van der Waals surface area contributed by atoms with Crippen LogP contribution in [0.1, 0.15) is 32.0 Å². The van der Waals surface area contributed by atoms with Crippen molar-refractivity contribution in [3.63, 3.8) is 0 Å². The fourth-order valence-electron chi connectivity index (χ4n) is 2.07. The maximum Gasteiger partial charge on any atom is 0.267 e. The number of rotatable bonds is 3. The van der Waals surface area contributed by atoms with Crippen LogP contribution in [-0.4, -0.2) is 25.7 Å². The molecule has 1 aromatic carbocycles. The standard InChI is InChI=1S/C15H18N4O2S/c1-15(2,3)14-13(10-17-18-14)22(20,21)19(4)12-7-5-6-11(8-12)9-16/h5-8,10H,1-4H3,(H,17,18). The first-order valence-electron chi connectivity index (χ1n) is 6.71. The number of anilines is 1. The SMILES string of the molecule is CN(c1cccc(C#N)c1)S(=O)(=O)c1cn[nH]c1C(C)(C)C. The zero-order chi connectivity index (χ0) is 16.5. The van der Waals surface area contributed by atoms with Gasteiger partial charge in [0, 0.05) is 12.5 Å². The van der Waals surface area contributed by atoms with Crippen LogP contribution >= 0.6 is 0 Å². The summed E-state index contributed by atoms with van der Waals surface area (Å²) < 4.78 is 26.8. The van der Waals surface area contributed by atoms with E-state index in [-0.39, 0.29) is 10.3 Å². The monoisotopic (exact) mass is 318 g/mol. The van der Waals surface area contributed by atoms with Gasteiger partial charge in [0.05, 0.1) is 29.2 Å². The minimum atomic E-state index is -3.76. The number of nitrogens with zero attached hydrogens (tertiary/aromatic N) is 3. The van der Waals surface area contributed by atoms with E-state index in [1.807, 2.05) is 26.8 Å². The normalized spacial score (nSPS) is 12.0. The van der Waals surface area contributed by atoms with Crippen molar-refractivity contribution in [2.24, 2.45) is 0 Å². The van der Waals surface area contributed by atoms with Crippen LogP contribution in [0.3, 0.4) is 0 Å². The topological polar surface area (TPSA) is 89.8 Å². The Kier molecular flexibility index (Phi) is 3.98. The Labute approximate surface area is 130 Å². The molecule has 0 fully saturated rings. The van der Waals surface area contributed by atoms with Crippen LogP contribution in [0.4, 0.5) is 5.69 Å². The zero-order valence-electron chi connectivity index (χ0n) is 13.0. The molecule has 0 aliphatic rings. The molecule has 2 aromatic rings. The maximum absolute atomic E-state index is 12.8. The van der Waals surface area contributed by atoms with E-state index >= 15 is 0 Å². The Morgan fingerprint density at radius 3 is 2.59 bits per heavy atom. The van der Waals surface area contributed by atoms with E-state index in [1.165, 1.54) is 19.3 Å². The number of aromatic nitrogens is 2. The van der Waals surface area contributed by atoms with Crippen LogP contribution < -0.4 is 4.31 Å². The molecule has 22 heavy (non-hydrogen) atoms. The van der Waals surface area contributed by atoms with Crippen LogP contribution in [-0.2, 0) is 15.4 Å². The highest BCUT2D eigenvalue weighted by atomic mass is 32.2. The molecule has 0 radical (unpaired) electrons. The molecule has 0 aliphatic carbocycles. The number of benzene rings is 1. The Balaban J connectivity index is 2.51. The minimum Gasteiger partial charge on any atom is -0.281 e. The smallest absolute Gasteiger partial charge is 0.267 e. The first-order chi connectivity index (χ1) is 10.2. The van der Waals surface area contributed by atoms with Gasteiger partial charge < -0.3 is 0 Å². The Morgan fingerprint density at radius 2 is 2.00 bits per heavy atom. The lowest BCUT2D eigenvalue weighted by atomic mass is 9.92. The van der Waals surface area contributed by atoms with Gasteiger partial charge in [0.2, 0.25) is 0 Å². The molecule has 1 heterocycles. The highest BCUT2D eigenvalue weighted by Gasteiger charge is 2.31. The second kappa shape index (κ2) is 5.46. The first kappa shape index (κ1) is 16.0. The van der Waals surface area contributed by atoms with Gasteiger partial charge in [0.25, 0.3) is 10.0 Å². The molecule has 0 saturated carbocycles. The molecule has 1 aromatic heterocycles. The van der Waals surface area contributed by atoms with Crippen molar-refractivity contribution >= 4 is 15.7 Å². The number of hydrogen-bond donors (Lipinski definition) is 1. The molecule has 0 saturated heterocycles. The Bertz CT molecular complexity index is 826. The molecule has 1 N–H and O–H groups in total. The van der Waals surface area contributed by atoms with Crippen LogP contribution in [0.2, 0.25) is 0 Å². The highest BCUT2D eigenvalue weighted by Crippen LogP contribution is 2.30. The van der Waals surface area contributed by atoms with Gasteiger partial charge in [-0.3, -0.25) is 9.40 Å². The number of aromatic amines is 1. The maximum atomic E-state index is 12.8. The molecule has 0 bridgehead atoms. The molecular formula is C15H18N4O2S. The predicted octanol–water partition coefficient (Wildman–Crippen LogP) is 2.40. The van der Waals surface area contributed by atoms with Crippen molar-refractivity contribution in [3.8, 4) is 6.07 Å². The van der Waals surface area contributed by atoms with E-state index in [1.54, 1.807) is 18.2 Å². The summed E-state index contributed by atoms with van der Waals surface area (Å²) in [6.45, 7) is 5.74. The van der Waals surface area contributed by atoms with E-state index < -0.39 is 10.0 Å². The predicted molar refractivity (Wildman–Crippen MR) is 84.0 cm³/mol. The zero-order valence-corrected chi connectivity index (χ0v) is 13.8. The average molecular weight is 318 g/mol. The molecular weight excluding hydrogens is 300 g/mol. The third-order valence-electron chi connectivity index (χ3n) is 3.33. The van der Waals surface area contributed by atoms with E-state index in [2.05, 4.69) is 10.2 Å². The van der Waals surface area contributed by atoms with Crippen LogP contribution in [0.25, 0.3) is 0 Å². The highest BCUT2D eigenvalue weighted by molar-refractivity contribution is 7.92. The van der Waals surface area contributed by atoms with Crippen LogP contribution in [0.5, 0.6) is 0 Å². The van der Waals surface area contributed by atoms with Gasteiger partial charge in [-0.05, 0) is 18.2 Å². The summed E-state index contributed by atoms with van der Waals surface area (Å²) in [5.41, 5.74) is 1.01. The van der Waals surface area contributed by atoms with Gasteiger partial charge in [0.15, 0.2) is 0 Å². The minimum absolute atomic E-state index is 0.143. The van der Waals surface area contributed by atoms with Gasteiger partial charge in [-0.15, -0.1) is 0 Å². The van der Waals surface area contributed by atoms with Crippen LogP contribution in [0, 0.1) is 11.3 Å². The van der Waals surface area contributed by atoms with Crippen molar-refractivity contribution in [3.05, 3.63) is 41.7 Å². The largest absolute Gasteiger partial charge is 0.281 e. The van der Waals surface area contributed by atoms with Crippen molar-refractivity contribution in [1.29, 1.82) is 5.26 Å². The summed E-state index contributed by atoms with van der Waals surface area (Å²) >= 11 is 0. The summed E-state index contributed by atoms with van der Waals surface area (Å²) in [4.78, 5) is 0.143. The second-order valence-electron chi connectivity index (χ2n) is 5.99. The fourth-order valence-corrected chi connectivity index (χ4v) is 3.55. The van der Waals surface area contributed by atoms with Crippen molar-refractivity contribution < 1.29 is 8.42 Å². The van der Waals surface area contributed by atoms with Crippen LogP contribution in [0.15, 0.2) is 35.4 Å². The summed E-state index contributed by atoms with van der Waals surface area (Å²) in [7, 11) is -2.29. The quantitative estimate of drug-likeness (QED) is 0.941. The lowest BCUT2D eigenvalue weighted by Gasteiger charge is -2.23. The molecule has 0 spiro atoms. The van der Waals surface area contributed by atoms with E-state index in [9.17, 15) is 8.42 Å². The van der Waals surface area contributed by atoms with Crippen molar-refractivity contribution in [1.82, 2.24) is 10.2 Å². The number of hydrogen-bond acceptors (Lipinski definition) is 4. The van der Waals surface area contributed by atoms with E-state index in [0.29, 0.717) is 16.9 Å². The average Bonchev–Trinajstić information content (AvgIpc) is 2.97. The number of nitriles is 1. The molecule has 7 heteroatoms. The van der Waals surface area contributed by atoms with Crippen molar-refractivity contribution in [2.75, 3.05) is 11.4 Å². The lowest BCUT2D eigenvalue weighted by Crippen LogP contribution is -2.29. The van der Waals surface area contributed by atoms with Gasteiger partial charge in [0.1, 0.15) is 4.90 Å². The van der Waals surface area contributed by atoms with E-state index in [0.717, 1.165) is 4.31 Å². The number of nitrogens with one attached hydrogen (secondary N) is 1. The Morgan fingerprint density at radius 1 is 1.32 bits per heavy atom. The molecule has 0 unspecified atom stereocenters. The fraction of sp³-hybridized carbons (Fsp3) is 0.333. The molecule has 0 atom stereocenters. The Hall–Kier alpha value is -2.33. The first-order valence-corrected chi connectivity index (χ1v) is 8.15. The second-order valence-corrected chi connectivity index (χ2v) is 7.93. The van der Waals surface area contributed by atoms with Gasteiger partial charge in [-0.2, -0.15) is 10.4 Å². The molecule has 0 amide bonds. The molecule has 6 nitrogen and oxygen atoms in total. The third-order valence-corrected chi connectivity index (χ3v) is 5.13. The number of H-pyrrole nitrogens is 1. The summed E-state index contributed by atoms with van der Waals surface area (Å²) in [5.74, 6) is 0. The third kappa shape index (κ3) is 2.83.